The summed E-state index contributed by atoms with van der Waals surface area (Å²) < 4.78 is 0. The van der Waals surface area contributed by atoms with Crippen LogP contribution in [0.2, 0.25) is 15.1 Å². The number of benzene rings is 2. The molecule has 0 radical (unpaired) electrons. The molecule has 0 aliphatic rings. The van der Waals surface area contributed by atoms with Crippen molar-refractivity contribution in [2.45, 2.75) is 6.92 Å². The summed E-state index contributed by atoms with van der Waals surface area (Å²) in [4.78, 5) is 15.9. The van der Waals surface area contributed by atoms with Crippen LogP contribution in [-0.4, -0.2) is 11.6 Å². The molecule has 7 heteroatoms. The van der Waals surface area contributed by atoms with Crippen molar-refractivity contribution in [3.8, 4) is 0 Å². The van der Waals surface area contributed by atoms with Gasteiger partial charge in [0.1, 0.15) is 0 Å². The van der Waals surface area contributed by atoms with Gasteiger partial charge >= 0.3 is 0 Å². The van der Waals surface area contributed by atoms with Gasteiger partial charge in [0.25, 0.3) is 0 Å². The number of aliphatic imine (C=N–C) groups is 1. The Labute approximate surface area is 143 Å². The molecular formula is C15H12Cl3N3O. The minimum Gasteiger partial charge on any atom is -0.300 e. The molecule has 0 aromatic heterocycles. The zero-order valence-electron chi connectivity index (χ0n) is 11.5. The number of anilines is 1. The standard InChI is InChI=1S/C15H12Cl3N3O/c1-9(22)15(19-14-7-4-11(17)8-13(14)18)21-20-12-5-2-10(16)3-6-12/h2-8,20H,1H3,(H,19,21). The number of nitrogens with zero attached hydrogens (tertiary/aromatic N) is 1. The molecule has 0 amide bonds. The number of amidine groups is 1. The molecule has 0 atom stereocenters. The molecule has 2 rings (SSSR count). The van der Waals surface area contributed by atoms with E-state index in [2.05, 4.69) is 15.8 Å². The van der Waals surface area contributed by atoms with Crippen LogP contribution < -0.4 is 10.9 Å². The Bertz CT molecular complexity index is 714. The first-order valence-electron chi connectivity index (χ1n) is 6.28. The van der Waals surface area contributed by atoms with Crippen LogP contribution in [0.4, 0.5) is 11.4 Å². The van der Waals surface area contributed by atoms with Crippen LogP contribution in [0.15, 0.2) is 47.5 Å². The second-order valence-corrected chi connectivity index (χ2v) is 5.65. The lowest BCUT2D eigenvalue weighted by molar-refractivity contribution is -0.111. The molecule has 4 nitrogen and oxygen atoms in total. The maximum absolute atomic E-state index is 11.7. The lowest BCUT2D eigenvalue weighted by Gasteiger charge is -2.10. The number of ketones is 1. The fourth-order valence-corrected chi connectivity index (χ4v) is 2.13. The van der Waals surface area contributed by atoms with Crippen molar-refractivity contribution in [3.05, 3.63) is 57.5 Å². The molecule has 22 heavy (non-hydrogen) atoms. The van der Waals surface area contributed by atoms with Crippen LogP contribution in [0.1, 0.15) is 6.92 Å². The van der Waals surface area contributed by atoms with E-state index >= 15 is 0 Å². The Balaban J connectivity index is 2.17. The van der Waals surface area contributed by atoms with Gasteiger partial charge in [-0.3, -0.25) is 15.6 Å². The van der Waals surface area contributed by atoms with E-state index < -0.39 is 0 Å². The van der Waals surface area contributed by atoms with E-state index in [0.717, 1.165) is 5.69 Å². The quantitative estimate of drug-likeness (QED) is 0.466. The first-order chi connectivity index (χ1) is 10.5. The van der Waals surface area contributed by atoms with Crippen molar-refractivity contribution in [3.63, 3.8) is 0 Å². The normalized spacial score (nSPS) is 11.2. The summed E-state index contributed by atoms with van der Waals surface area (Å²) in [5.41, 5.74) is 6.82. The number of carbonyl (C=O) groups excluding carboxylic acids is 1. The van der Waals surface area contributed by atoms with Crippen molar-refractivity contribution >= 4 is 57.8 Å². The number of hydrazine groups is 1. The summed E-state index contributed by atoms with van der Waals surface area (Å²) in [5, 5.41) is 1.49. The van der Waals surface area contributed by atoms with Crippen LogP contribution in [-0.2, 0) is 4.79 Å². The molecule has 2 aromatic rings. The molecule has 0 aliphatic carbocycles. The highest BCUT2D eigenvalue weighted by Gasteiger charge is 2.08. The highest BCUT2D eigenvalue weighted by atomic mass is 35.5. The van der Waals surface area contributed by atoms with Crippen molar-refractivity contribution in [1.29, 1.82) is 0 Å². The first-order valence-corrected chi connectivity index (χ1v) is 7.41. The second-order valence-electron chi connectivity index (χ2n) is 4.37. The largest absolute Gasteiger partial charge is 0.300 e. The summed E-state index contributed by atoms with van der Waals surface area (Å²) >= 11 is 17.7. The molecule has 2 N–H and O–H groups in total. The van der Waals surface area contributed by atoms with Gasteiger partial charge in [0, 0.05) is 17.0 Å². The Morgan fingerprint density at radius 1 is 1.00 bits per heavy atom. The Kier molecular flexibility index (Phi) is 5.66. The van der Waals surface area contributed by atoms with Gasteiger partial charge < -0.3 is 0 Å². The molecule has 114 valence electrons. The Morgan fingerprint density at radius 2 is 1.64 bits per heavy atom. The molecule has 0 heterocycles. The fourth-order valence-electron chi connectivity index (χ4n) is 1.55. The Morgan fingerprint density at radius 3 is 2.23 bits per heavy atom. The molecule has 0 saturated heterocycles. The van der Waals surface area contributed by atoms with Crippen LogP contribution in [0.3, 0.4) is 0 Å². The highest BCUT2D eigenvalue weighted by Crippen LogP contribution is 2.27. The van der Waals surface area contributed by atoms with Crippen molar-refractivity contribution in [1.82, 2.24) is 5.43 Å². The van der Waals surface area contributed by atoms with Gasteiger partial charge in [0.2, 0.25) is 0 Å². The third kappa shape index (κ3) is 4.63. The van der Waals surface area contributed by atoms with Crippen LogP contribution in [0.5, 0.6) is 0 Å². The molecule has 2 aromatic carbocycles. The average Bonchev–Trinajstić information content (AvgIpc) is 2.47. The lowest BCUT2D eigenvalue weighted by atomic mass is 10.3. The van der Waals surface area contributed by atoms with Crippen LogP contribution >= 0.6 is 34.8 Å². The van der Waals surface area contributed by atoms with Gasteiger partial charge in [-0.05, 0) is 42.5 Å². The number of hydrogen-bond acceptors (Lipinski definition) is 3. The Hall–Kier alpha value is -1.75. The zero-order valence-corrected chi connectivity index (χ0v) is 13.8. The summed E-state index contributed by atoms with van der Waals surface area (Å²) in [6.07, 6.45) is 0. The van der Waals surface area contributed by atoms with Gasteiger partial charge in [-0.2, -0.15) is 0 Å². The number of rotatable bonds is 4. The summed E-state index contributed by atoms with van der Waals surface area (Å²) in [5.74, 6) is -0.119. The number of hydrogen-bond donors (Lipinski definition) is 2. The van der Waals surface area contributed by atoms with E-state index in [9.17, 15) is 4.79 Å². The second kappa shape index (κ2) is 7.49. The minimum atomic E-state index is -0.243. The van der Waals surface area contributed by atoms with E-state index in [1.807, 2.05) is 0 Å². The van der Waals surface area contributed by atoms with Gasteiger partial charge in [-0.15, -0.1) is 0 Å². The monoisotopic (exact) mass is 355 g/mol. The number of nitrogens with one attached hydrogen (secondary N) is 2. The molecule has 0 bridgehead atoms. The maximum Gasteiger partial charge on any atom is 0.196 e. The predicted molar refractivity (Wildman–Crippen MR) is 92.4 cm³/mol. The summed E-state index contributed by atoms with van der Waals surface area (Å²) in [6.45, 7) is 1.40. The number of Topliss-reactive ketones (excluding diaryl/α,β-unsaturated/α-hetero) is 1. The van der Waals surface area contributed by atoms with Crippen molar-refractivity contribution < 1.29 is 4.79 Å². The van der Waals surface area contributed by atoms with Gasteiger partial charge in [-0.1, -0.05) is 34.8 Å². The molecule has 0 spiro atoms. The van der Waals surface area contributed by atoms with E-state index in [0.29, 0.717) is 20.8 Å². The van der Waals surface area contributed by atoms with Crippen molar-refractivity contribution in [2.24, 2.45) is 4.99 Å². The van der Waals surface area contributed by atoms with Crippen molar-refractivity contribution in [2.75, 3.05) is 5.43 Å². The first kappa shape index (κ1) is 16.6. The zero-order chi connectivity index (χ0) is 16.1. The number of halogens is 3. The molecule has 0 fully saturated rings. The topological polar surface area (TPSA) is 53.5 Å². The third-order valence-electron chi connectivity index (χ3n) is 2.64. The predicted octanol–water partition coefficient (Wildman–Crippen LogP) is 4.88. The summed E-state index contributed by atoms with van der Waals surface area (Å²) in [6, 6.07) is 11.8. The van der Waals surface area contributed by atoms with E-state index in [1.165, 1.54) is 6.92 Å². The number of carbonyl (C=O) groups is 1. The average molecular weight is 357 g/mol. The highest BCUT2D eigenvalue weighted by molar-refractivity contribution is 6.40. The smallest absolute Gasteiger partial charge is 0.196 e. The minimum absolute atomic E-state index is 0.124. The van der Waals surface area contributed by atoms with Gasteiger partial charge in [-0.25, -0.2) is 4.99 Å². The van der Waals surface area contributed by atoms with Crippen LogP contribution in [0, 0.1) is 0 Å². The van der Waals surface area contributed by atoms with E-state index in [-0.39, 0.29) is 11.6 Å². The lowest BCUT2D eigenvalue weighted by Crippen LogP contribution is -2.34. The van der Waals surface area contributed by atoms with E-state index in [1.54, 1.807) is 42.5 Å². The molecule has 0 aliphatic heterocycles. The van der Waals surface area contributed by atoms with Gasteiger partial charge in [0.15, 0.2) is 11.6 Å². The van der Waals surface area contributed by atoms with Crippen LogP contribution in [0.25, 0.3) is 0 Å². The maximum atomic E-state index is 11.7. The molecular weight excluding hydrogens is 345 g/mol. The molecule has 0 saturated carbocycles. The SMILES string of the molecule is CC(=O)C(=Nc1ccc(Cl)cc1Cl)NNc1ccc(Cl)cc1. The molecule has 0 unspecified atom stereocenters. The summed E-state index contributed by atoms with van der Waals surface area (Å²) in [7, 11) is 0. The van der Waals surface area contributed by atoms with E-state index in [4.69, 9.17) is 34.8 Å². The fraction of sp³-hybridized carbons (Fsp3) is 0.0667. The third-order valence-corrected chi connectivity index (χ3v) is 3.43. The van der Waals surface area contributed by atoms with Gasteiger partial charge in [0.05, 0.1) is 16.4 Å².